The summed E-state index contributed by atoms with van der Waals surface area (Å²) in [5.41, 5.74) is 1.51. The molecule has 1 N–H and O–H groups in total. The SMILES string of the molecule is COc1cccc(CNc2ccccc2OC(F)F)c1. The van der Waals surface area contributed by atoms with Gasteiger partial charge in [0, 0.05) is 6.54 Å². The molecule has 0 aromatic heterocycles. The third-order valence-electron chi connectivity index (χ3n) is 2.72. The fourth-order valence-corrected chi connectivity index (χ4v) is 1.79. The lowest BCUT2D eigenvalue weighted by Crippen LogP contribution is -2.06. The lowest BCUT2D eigenvalue weighted by molar-refractivity contribution is -0.0493. The van der Waals surface area contributed by atoms with Gasteiger partial charge in [0.1, 0.15) is 11.5 Å². The predicted octanol–water partition coefficient (Wildman–Crippen LogP) is 3.91. The van der Waals surface area contributed by atoms with Crippen molar-refractivity contribution >= 4 is 5.69 Å². The molecule has 5 heteroatoms. The van der Waals surface area contributed by atoms with Gasteiger partial charge in [-0.15, -0.1) is 0 Å². The molecular weight excluding hydrogens is 264 g/mol. The van der Waals surface area contributed by atoms with Gasteiger partial charge in [-0.25, -0.2) is 0 Å². The quantitative estimate of drug-likeness (QED) is 0.869. The second-order valence-corrected chi connectivity index (χ2v) is 4.08. The number of rotatable bonds is 6. The molecule has 2 aromatic carbocycles. The van der Waals surface area contributed by atoms with Crippen LogP contribution >= 0.6 is 0 Å². The molecule has 0 atom stereocenters. The smallest absolute Gasteiger partial charge is 0.387 e. The van der Waals surface area contributed by atoms with Crippen LogP contribution in [0.25, 0.3) is 0 Å². The van der Waals surface area contributed by atoms with Gasteiger partial charge < -0.3 is 14.8 Å². The first kappa shape index (κ1) is 14.1. The Morgan fingerprint density at radius 1 is 1.10 bits per heavy atom. The van der Waals surface area contributed by atoms with Gasteiger partial charge in [0.25, 0.3) is 0 Å². The molecule has 3 nitrogen and oxygen atoms in total. The van der Waals surface area contributed by atoms with E-state index in [1.165, 1.54) is 6.07 Å². The Balaban J connectivity index is 2.06. The van der Waals surface area contributed by atoms with Crippen molar-refractivity contribution < 1.29 is 18.3 Å². The van der Waals surface area contributed by atoms with E-state index in [0.29, 0.717) is 12.2 Å². The molecule has 0 saturated heterocycles. The lowest BCUT2D eigenvalue weighted by Gasteiger charge is -2.12. The van der Waals surface area contributed by atoms with E-state index < -0.39 is 6.61 Å². The maximum absolute atomic E-state index is 12.3. The lowest BCUT2D eigenvalue weighted by atomic mass is 10.2. The van der Waals surface area contributed by atoms with Crippen molar-refractivity contribution in [2.45, 2.75) is 13.2 Å². The molecule has 0 amide bonds. The van der Waals surface area contributed by atoms with Gasteiger partial charge in [0.05, 0.1) is 12.8 Å². The largest absolute Gasteiger partial charge is 0.497 e. The molecule has 0 aliphatic carbocycles. The minimum absolute atomic E-state index is 0.130. The summed E-state index contributed by atoms with van der Waals surface area (Å²) in [7, 11) is 1.60. The molecule has 0 spiro atoms. The van der Waals surface area contributed by atoms with Crippen molar-refractivity contribution in [2.24, 2.45) is 0 Å². The Kier molecular flexibility index (Phi) is 4.76. The molecule has 0 bridgehead atoms. The molecule has 0 aliphatic rings. The van der Waals surface area contributed by atoms with E-state index in [1.54, 1.807) is 25.3 Å². The number of para-hydroxylation sites is 2. The van der Waals surface area contributed by atoms with Crippen LogP contribution in [-0.2, 0) is 6.54 Å². The van der Waals surface area contributed by atoms with Gasteiger partial charge in [-0.2, -0.15) is 8.78 Å². The molecule has 0 radical (unpaired) electrons. The van der Waals surface area contributed by atoms with Crippen LogP contribution in [0.5, 0.6) is 11.5 Å². The third kappa shape index (κ3) is 3.85. The van der Waals surface area contributed by atoms with Crippen LogP contribution in [-0.4, -0.2) is 13.7 Å². The van der Waals surface area contributed by atoms with Gasteiger partial charge >= 0.3 is 6.61 Å². The highest BCUT2D eigenvalue weighted by Crippen LogP contribution is 2.26. The van der Waals surface area contributed by atoms with Crippen molar-refractivity contribution in [3.05, 3.63) is 54.1 Å². The van der Waals surface area contributed by atoms with E-state index in [-0.39, 0.29) is 5.75 Å². The maximum atomic E-state index is 12.3. The van der Waals surface area contributed by atoms with Gasteiger partial charge in [-0.05, 0) is 29.8 Å². The number of nitrogens with one attached hydrogen (secondary N) is 1. The number of hydrogen-bond acceptors (Lipinski definition) is 3. The topological polar surface area (TPSA) is 30.5 Å². The zero-order chi connectivity index (χ0) is 14.4. The summed E-state index contributed by atoms with van der Waals surface area (Å²) in [6.45, 7) is -2.35. The number of methoxy groups -OCH3 is 1. The fourth-order valence-electron chi connectivity index (χ4n) is 1.79. The Bertz CT molecular complexity index is 561. The first-order valence-corrected chi connectivity index (χ1v) is 6.09. The zero-order valence-electron chi connectivity index (χ0n) is 11.0. The normalized spacial score (nSPS) is 10.4. The van der Waals surface area contributed by atoms with Crippen LogP contribution in [0.4, 0.5) is 14.5 Å². The number of alkyl halides is 2. The third-order valence-corrected chi connectivity index (χ3v) is 2.72. The number of anilines is 1. The van der Waals surface area contributed by atoms with Crippen LogP contribution < -0.4 is 14.8 Å². The molecule has 106 valence electrons. The van der Waals surface area contributed by atoms with E-state index >= 15 is 0 Å². The molecule has 0 aliphatic heterocycles. The summed E-state index contributed by atoms with van der Waals surface area (Å²) >= 11 is 0. The first-order valence-electron chi connectivity index (χ1n) is 6.09. The summed E-state index contributed by atoms with van der Waals surface area (Å²) in [4.78, 5) is 0. The van der Waals surface area contributed by atoms with Gasteiger partial charge in [0.15, 0.2) is 0 Å². The summed E-state index contributed by atoms with van der Waals surface area (Å²) in [6, 6.07) is 14.1. The average molecular weight is 279 g/mol. The first-order chi connectivity index (χ1) is 9.69. The van der Waals surface area contributed by atoms with E-state index in [1.807, 2.05) is 24.3 Å². The fraction of sp³-hybridized carbons (Fsp3) is 0.200. The molecule has 0 unspecified atom stereocenters. The Hall–Kier alpha value is -2.30. The molecule has 2 rings (SSSR count). The second-order valence-electron chi connectivity index (χ2n) is 4.08. The van der Waals surface area contributed by atoms with Gasteiger partial charge in [-0.1, -0.05) is 24.3 Å². The van der Waals surface area contributed by atoms with E-state index in [4.69, 9.17) is 4.74 Å². The molecular formula is C15H15F2NO2. The van der Waals surface area contributed by atoms with Crippen LogP contribution in [0.15, 0.2) is 48.5 Å². The summed E-state index contributed by atoms with van der Waals surface area (Å²) in [5, 5.41) is 3.07. The predicted molar refractivity (Wildman–Crippen MR) is 73.4 cm³/mol. The highest BCUT2D eigenvalue weighted by molar-refractivity contribution is 5.56. The zero-order valence-corrected chi connectivity index (χ0v) is 11.0. The summed E-state index contributed by atoms with van der Waals surface area (Å²) in [6.07, 6.45) is 0. The molecule has 2 aromatic rings. The highest BCUT2D eigenvalue weighted by atomic mass is 19.3. The summed E-state index contributed by atoms with van der Waals surface area (Å²) < 4.78 is 34.2. The van der Waals surface area contributed by atoms with Crippen molar-refractivity contribution in [1.82, 2.24) is 0 Å². The number of halogens is 2. The van der Waals surface area contributed by atoms with E-state index in [9.17, 15) is 8.78 Å². The van der Waals surface area contributed by atoms with Gasteiger partial charge in [0.2, 0.25) is 0 Å². The van der Waals surface area contributed by atoms with Crippen molar-refractivity contribution in [3.8, 4) is 11.5 Å². The van der Waals surface area contributed by atoms with Crippen LogP contribution in [0.2, 0.25) is 0 Å². The minimum atomic E-state index is -2.84. The van der Waals surface area contributed by atoms with Gasteiger partial charge in [-0.3, -0.25) is 0 Å². The van der Waals surface area contributed by atoms with Crippen LogP contribution in [0, 0.1) is 0 Å². The molecule has 0 heterocycles. The van der Waals surface area contributed by atoms with E-state index in [2.05, 4.69) is 10.1 Å². The minimum Gasteiger partial charge on any atom is -0.497 e. The van der Waals surface area contributed by atoms with E-state index in [0.717, 1.165) is 11.3 Å². The second kappa shape index (κ2) is 6.75. The number of benzene rings is 2. The van der Waals surface area contributed by atoms with Crippen molar-refractivity contribution in [2.75, 3.05) is 12.4 Å². The summed E-state index contributed by atoms with van der Waals surface area (Å²) in [5.74, 6) is 0.881. The van der Waals surface area contributed by atoms with Crippen LogP contribution in [0.3, 0.4) is 0 Å². The Labute approximate surface area is 116 Å². The highest BCUT2D eigenvalue weighted by Gasteiger charge is 2.08. The number of hydrogen-bond donors (Lipinski definition) is 1. The standard InChI is InChI=1S/C15H15F2NO2/c1-19-12-6-4-5-11(9-12)10-18-13-7-2-3-8-14(13)20-15(16)17/h2-9,15,18H,10H2,1H3. The average Bonchev–Trinajstić information content (AvgIpc) is 2.46. The Morgan fingerprint density at radius 2 is 1.90 bits per heavy atom. The molecule has 0 fully saturated rings. The van der Waals surface area contributed by atoms with Crippen molar-refractivity contribution in [1.29, 1.82) is 0 Å². The molecule has 20 heavy (non-hydrogen) atoms. The van der Waals surface area contributed by atoms with Crippen molar-refractivity contribution in [3.63, 3.8) is 0 Å². The monoisotopic (exact) mass is 279 g/mol. The molecule has 0 saturated carbocycles. The number of ether oxygens (including phenoxy) is 2. The van der Waals surface area contributed by atoms with Crippen LogP contribution in [0.1, 0.15) is 5.56 Å². The Morgan fingerprint density at radius 3 is 2.65 bits per heavy atom. The maximum Gasteiger partial charge on any atom is 0.387 e.